The fourth-order valence-corrected chi connectivity index (χ4v) is 1.72. The Hall–Kier alpha value is -1.76. The van der Waals surface area contributed by atoms with E-state index in [2.05, 4.69) is 58.0 Å². The molecule has 1 heteroatoms. The van der Waals surface area contributed by atoms with Gasteiger partial charge in [0.15, 0.2) is 0 Å². The van der Waals surface area contributed by atoms with Crippen LogP contribution in [0.5, 0.6) is 11.5 Å². The van der Waals surface area contributed by atoms with Crippen LogP contribution in [0.15, 0.2) is 36.4 Å². The van der Waals surface area contributed by atoms with Crippen LogP contribution in [0.4, 0.5) is 0 Å². The normalized spacial score (nSPS) is 9.58. The van der Waals surface area contributed by atoms with Crippen molar-refractivity contribution < 1.29 is 4.74 Å². The van der Waals surface area contributed by atoms with Gasteiger partial charge in [0, 0.05) is 0 Å². The summed E-state index contributed by atoms with van der Waals surface area (Å²) in [6, 6.07) is 12.5. The molecule has 0 saturated heterocycles. The Morgan fingerprint density at radius 1 is 0.684 bits per heavy atom. The maximum Gasteiger partial charge on any atom is 0.130 e. The maximum absolute atomic E-state index is 5.93. The van der Waals surface area contributed by atoms with Crippen LogP contribution in [-0.4, -0.2) is 0 Å². The lowest BCUT2D eigenvalue weighted by Gasteiger charge is -2.11. The maximum atomic E-state index is 5.93. The molecule has 0 spiro atoms. The third kappa shape index (κ3) is 4.13. The number of hydrogen-bond acceptors (Lipinski definition) is 1. The largest absolute Gasteiger partial charge is 0.457 e. The summed E-state index contributed by atoms with van der Waals surface area (Å²) in [5.74, 6) is 1.84. The minimum atomic E-state index is 0.904. The van der Waals surface area contributed by atoms with Crippen LogP contribution in [-0.2, 0) is 0 Å². The zero-order valence-corrected chi connectivity index (χ0v) is 12.9. The summed E-state index contributed by atoms with van der Waals surface area (Å²) in [5, 5.41) is 0. The molecule has 0 radical (unpaired) electrons. The standard InChI is InChI=1S/C16H18O.C2H6/c1-11-5-6-13(3)16(9-11)17-15-8-7-12(2)14(4)10-15;1-2/h5-10H,1-4H3;1-2H3. The Kier molecular flexibility index (Phi) is 5.62. The third-order valence-electron chi connectivity index (χ3n) is 3.05. The van der Waals surface area contributed by atoms with E-state index in [1.807, 2.05) is 19.9 Å². The predicted molar refractivity (Wildman–Crippen MR) is 83.3 cm³/mol. The smallest absolute Gasteiger partial charge is 0.130 e. The Balaban J connectivity index is 0.000000861. The molecule has 0 aliphatic carbocycles. The summed E-state index contributed by atoms with van der Waals surface area (Å²) in [6.45, 7) is 12.4. The average Bonchev–Trinajstić information content (AvgIpc) is 2.41. The Morgan fingerprint density at radius 3 is 1.95 bits per heavy atom. The molecule has 0 unspecified atom stereocenters. The van der Waals surface area contributed by atoms with Crippen molar-refractivity contribution >= 4 is 0 Å². The van der Waals surface area contributed by atoms with Crippen molar-refractivity contribution in [2.45, 2.75) is 41.5 Å². The van der Waals surface area contributed by atoms with Crippen LogP contribution in [0.1, 0.15) is 36.1 Å². The number of benzene rings is 2. The zero-order valence-electron chi connectivity index (χ0n) is 12.9. The van der Waals surface area contributed by atoms with Gasteiger partial charge in [0.25, 0.3) is 0 Å². The molecule has 2 rings (SSSR count). The van der Waals surface area contributed by atoms with Gasteiger partial charge in [0.2, 0.25) is 0 Å². The van der Waals surface area contributed by atoms with Gasteiger partial charge in [-0.1, -0.05) is 32.0 Å². The van der Waals surface area contributed by atoms with E-state index < -0.39 is 0 Å². The molecule has 102 valence electrons. The lowest BCUT2D eigenvalue weighted by atomic mass is 10.1. The van der Waals surface area contributed by atoms with E-state index in [9.17, 15) is 0 Å². The number of hydrogen-bond donors (Lipinski definition) is 0. The number of ether oxygens (including phenoxy) is 1. The van der Waals surface area contributed by atoms with Gasteiger partial charge in [-0.05, 0) is 68.1 Å². The Labute approximate surface area is 117 Å². The van der Waals surface area contributed by atoms with Crippen molar-refractivity contribution in [3.8, 4) is 11.5 Å². The summed E-state index contributed by atoms with van der Waals surface area (Å²) < 4.78 is 5.93. The minimum absolute atomic E-state index is 0.904. The lowest BCUT2D eigenvalue weighted by Crippen LogP contribution is -1.90. The second-order valence-electron chi connectivity index (χ2n) is 4.62. The molecule has 0 aromatic heterocycles. The molecule has 0 N–H and O–H groups in total. The first-order chi connectivity index (χ1) is 9.06. The average molecular weight is 256 g/mol. The molecule has 0 heterocycles. The van der Waals surface area contributed by atoms with E-state index in [0.29, 0.717) is 0 Å². The highest BCUT2D eigenvalue weighted by Crippen LogP contribution is 2.27. The van der Waals surface area contributed by atoms with Gasteiger partial charge < -0.3 is 4.74 Å². The van der Waals surface area contributed by atoms with Crippen molar-refractivity contribution in [2.24, 2.45) is 0 Å². The van der Waals surface area contributed by atoms with E-state index in [1.54, 1.807) is 0 Å². The van der Waals surface area contributed by atoms with Crippen molar-refractivity contribution in [1.82, 2.24) is 0 Å². The van der Waals surface area contributed by atoms with Gasteiger partial charge in [-0.2, -0.15) is 0 Å². The topological polar surface area (TPSA) is 9.23 Å². The number of aryl methyl sites for hydroxylation is 4. The summed E-state index contributed by atoms with van der Waals surface area (Å²) in [5.41, 5.74) is 4.93. The molecule has 0 aliphatic rings. The predicted octanol–water partition coefficient (Wildman–Crippen LogP) is 5.74. The molecule has 0 aliphatic heterocycles. The SMILES string of the molecule is CC.Cc1ccc(C)c(Oc2ccc(C)c(C)c2)c1. The van der Waals surface area contributed by atoms with E-state index in [0.717, 1.165) is 17.1 Å². The first-order valence-electron chi connectivity index (χ1n) is 6.88. The zero-order chi connectivity index (χ0) is 14.4. The van der Waals surface area contributed by atoms with Gasteiger partial charge >= 0.3 is 0 Å². The molecular weight excluding hydrogens is 232 g/mol. The molecule has 0 amide bonds. The quantitative estimate of drug-likeness (QED) is 0.666. The molecule has 19 heavy (non-hydrogen) atoms. The van der Waals surface area contributed by atoms with Crippen LogP contribution < -0.4 is 4.74 Å². The van der Waals surface area contributed by atoms with Crippen LogP contribution in [0.2, 0.25) is 0 Å². The van der Waals surface area contributed by atoms with E-state index in [4.69, 9.17) is 4.74 Å². The molecule has 1 nitrogen and oxygen atoms in total. The van der Waals surface area contributed by atoms with Crippen molar-refractivity contribution in [3.63, 3.8) is 0 Å². The summed E-state index contributed by atoms with van der Waals surface area (Å²) in [6.07, 6.45) is 0. The fraction of sp³-hybridized carbons (Fsp3) is 0.333. The highest BCUT2D eigenvalue weighted by molar-refractivity contribution is 5.41. The Bertz CT molecular complexity index is 541. The second kappa shape index (κ2) is 6.98. The van der Waals surface area contributed by atoms with Crippen LogP contribution >= 0.6 is 0 Å². The van der Waals surface area contributed by atoms with E-state index in [-0.39, 0.29) is 0 Å². The molecule has 0 bridgehead atoms. The minimum Gasteiger partial charge on any atom is -0.457 e. The Morgan fingerprint density at radius 2 is 1.32 bits per heavy atom. The second-order valence-corrected chi connectivity index (χ2v) is 4.62. The highest BCUT2D eigenvalue weighted by atomic mass is 16.5. The van der Waals surface area contributed by atoms with Crippen LogP contribution in [0, 0.1) is 27.7 Å². The highest BCUT2D eigenvalue weighted by Gasteiger charge is 2.03. The van der Waals surface area contributed by atoms with Gasteiger partial charge in [-0.25, -0.2) is 0 Å². The molecule has 0 atom stereocenters. The monoisotopic (exact) mass is 256 g/mol. The van der Waals surface area contributed by atoms with Gasteiger partial charge in [0.05, 0.1) is 0 Å². The summed E-state index contributed by atoms with van der Waals surface area (Å²) in [4.78, 5) is 0. The molecule has 2 aromatic rings. The molecule has 2 aromatic carbocycles. The first kappa shape index (κ1) is 15.3. The van der Waals surface area contributed by atoms with Crippen LogP contribution in [0.25, 0.3) is 0 Å². The van der Waals surface area contributed by atoms with Gasteiger partial charge in [-0.3, -0.25) is 0 Å². The first-order valence-corrected chi connectivity index (χ1v) is 6.88. The lowest BCUT2D eigenvalue weighted by molar-refractivity contribution is 0.478. The fourth-order valence-electron chi connectivity index (χ4n) is 1.72. The summed E-state index contributed by atoms with van der Waals surface area (Å²) in [7, 11) is 0. The van der Waals surface area contributed by atoms with Crippen LogP contribution in [0.3, 0.4) is 0 Å². The molecule has 0 saturated carbocycles. The van der Waals surface area contributed by atoms with Gasteiger partial charge in [-0.15, -0.1) is 0 Å². The van der Waals surface area contributed by atoms with Crippen molar-refractivity contribution in [2.75, 3.05) is 0 Å². The van der Waals surface area contributed by atoms with E-state index in [1.165, 1.54) is 16.7 Å². The van der Waals surface area contributed by atoms with Gasteiger partial charge in [0.1, 0.15) is 11.5 Å². The van der Waals surface area contributed by atoms with E-state index >= 15 is 0 Å². The number of rotatable bonds is 2. The van der Waals surface area contributed by atoms with Crippen molar-refractivity contribution in [1.29, 1.82) is 0 Å². The molecular formula is C18H24O. The molecule has 0 fully saturated rings. The summed E-state index contributed by atoms with van der Waals surface area (Å²) >= 11 is 0. The van der Waals surface area contributed by atoms with Crippen molar-refractivity contribution in [3.05, 3.63) is 58.7 Å². The third-order valence-corrected chi connectivity index (χ3v) is 3.05.